The number of benzene rings is 1. The lowest BCUT2D eigenvalue weighted by atomic mass is 10.1. The van der Waals surface area contributed by atoms with Gasteiger partial charge < -0.3 is 9.84 Å². The van der Waals surface area contributed by atoms with Crippen LogP contribution in [0.5, 0.6) is 5.75 Å². The Bertz CT molecular complexity index is 427. The summed E-state index contributed by atoms with van der Waals surface area (Å²) in [6, 6.07) is 5.05. The molecule has 0 spiro atoms. The predicted octanol–water partition coefficient (Wildman–Crippen LogP) is 1.96. The van der Waals surface area contributed by atoms with Crippen molar-refractivity contribution in [3.05, 3.63) is 39.8 Å². The van der Waals surface area contributed by atoms with Gasteiger partial charge in [-0.3, -0.25) is 0 Å². The lowest BCUT2D eigenvalue weighted by Gasteiger charge is -2.09. The number of nitrogens with zero attached hydrogens (tertiary/aromatic N) is 3. The van der Waals surface area contributed by atoms with Crippen LogP contribution >= 0.6 is 0 Å². The fraction of sp³-hybridized carbons (Fsp3) is 0.400. The number of azide groups is 1. The van der Waals surface area contributed by atoms with Gasteiger partial charge in [-0.25, -0.2) is 0 Å². The summed E-state index contributed by atoms with van der Waals surface area (Å²) in [5.41, 5.74) is 10.3. The SMILES string of the molecule is COc1ccc2c(c1)C(N=[N+]=[N-])C(O)C2. The molecule has 5 heteroatoms. The summed E-state index contributed by atoms with van der Waals surface area (Å²) in [6.45, 7) is 0. The second-order valence-electron chi connectivity index (χ2n) is 3.49. The Labute approximate surface area is 86.9 Å². The molecule has 0 radical (unpaired) electrons. The summed E-state index contributed by atoms with van der Waals surface area (Å²) in [4.78, 5) is 2.75. The average Bonchev–Trinajstić information content (AvgIpc) is 2.55. The molecule has 1 aliphatic rings. The Morgan fingerprint density at radius 1 is 1.60 bits per heavy atom. The molecule has 0 bridgehead atoms. The minimum absolute atomic E-state index is 0.486. The van der Waals surface area contributed by atoms with Crippen LogP contribution in [0.15, 0.2) is 23.3 Å². The lowest BCUT2D eigenvalue weighted by Crippen LogP contribution is -2.10. The number of aliphatic hydroxyl groups is 1. The first kappa shape index (κ1) is 9.83. The van der Waals surface area contributed by atoms with E-state index in [0.717, 1.165) is 11.1 Å². The Kier molecular flexibility index (Phi) is 2.49. The highest BCUT2D eigenvalue weighted by atomic mass is 16.5. The fourth-order valence-corrected chi connectivity index (χ4v) is 1.90. The third-order valence-corrected chi connectivity index (χ3v) is 2.64. The number of methoxy groups -OCH3 is 1. The maximum Gasteiger partial charge on any atom is 0.119 e. The quantitative estimate of drug-likeness (QED) is 0.455. The van der Waals surface area contributed by atoms with E-state index in [4.69, 9.17) is 10.3 Å². The van der Waals surface area contributed by atoms with Gasteiger partial charge in [-0.1, -0.05) is 11.2 Å². The van der Waals surface area contributed by atoms with E-state index in [1.54, 1.807) is 7.11 Å². The van der Waals surface area contributed by atoms with E-state index in [-0.39, 0.29) is 0 Å². The van der Waals surface area contributed by atoms with E-state index < -0.39 is 12.1 Å². The van der Waals surface area contributed by atoms with E-state index in [1.807, 2.05) is 18.2 Å². The van der Waals surface area contributed by atoms with Gasteiger partial charge >= 0.3 is 0 Å². The third kappa shape index (κ3) is 1.63. The minimum atomic E-state index is -0.622. The van der Waals surface area contributed by atoms with Crippen molar-refractivity contribution in [2.75, 3.05) is 7.11 Å². The highest BCUT2D eigenvalue weighted by Gasteiger charge is 2.30. The van der Waals surface area contributed by atoms with Gasteiger partial charge in [0.05, 0.1) is 19.3 Å². The normalized spacial score (nSPS) is 23.1. The summed E-state index contributed by atoms with van der Waals surface area (Å²) >= 11 is 0. The Hall–Kier alpha value is -1.71. The largest absolute Gasteiger partial charge is 0.497 e. The Balaban J connectivity index is 2.45. The van der Waals surface area contributed by atoms with Crippen LogP contribution in [0.25, 0.3) is 10.4 Å². The van der Waals surface area contributed by atoms with E-state index in [9.17, 15) is 5.11 Å². The Morgan fingerprint density at radius 3 is 3.07 bits per heavy atom. The molecular weight excluding hydrogens is 194 g/mol. The second-order valence-corrected chi connectivity index (χ2v) is 3.49. The maximum absolute atomic E-state index is 9.70. The molecule has 2 atom stereocenters. The molecule has 1 aromatic rings. The highest BCUT2D eigenvalue weighted by molar-refractivity contribution is 5.42. The molecule has 1 N–H and O–H groups in total. The minimum Gasteiger partial charge on any atom is -0.497 e. The van der Waals surface area contributed by atoms with Gasteiger partial charge in [-0.05, 0) is 35.2 Å². The van der Waals surface area contributed by atoms with Gasteiger partial charge in [0, 0.05) is 4.91 Å². The van der Waals surface area contributed by atoms with Crippen molar-refractivity contribution >= 4 is 0 Å². The van der Waals surface area contributed by atoms with E-state index in [2.05, 4.69) is 10.0 Å². The van der Waals surface area contributed by atoms with Crippen LogP contribution in [0, 0.1) is 0 Å². The molecule has 0 aromatic heterocycles. The molecule has 0 heterocycles. The lowest BCUT2D eigenvalue weighted by molar-refractivity contribution is 0.158. The van der Waals surface area contributed by atoms with Gasteiger partial charge in [0.1, 0.15) is 5.75 Å². The molecule has 78 valence electrons. The summed E-state index contributed by atoms with van der Waals surface area (Å²) in [5, 5.41) is 13.3. The standard InChI is InChI=1S/C10H11N3O2/c1-15-7-3-2-6-4-9(14)10(12-13-11)8(6)5-7/h2-3,5,9-10,14H,4H2,1H3. The van der Waals surface area contributed by atoms with Crippen molar-refractivity contribution < 1.29 is 9.84 Å². The molecular formula is C10H11N3O2. The number of fused-ring (bicyclic) bond motifs is 1. The van der Waals surface area contributed by atoms with Gasteiger partial charge in [0.15, 0.2) is 0 Å². The first-order chi connectivity index (χ1) is 7.26. The second kappa shape index (κ2) is 3.81. The van der Waals surface area contributed by atoms with Crippen molar-refractivity contribution in [2.24, 2.45) is 5.11 Å². The molecule has 2 rings (SSSR count). The maximum atomic E-state index is 9.70. The predicted molar refractivity (Wildman–Crippen MR) is 54.6 cm³/mol. The molecule has 5 nitrogen and oxygen atoms in total. The van der Waals surface area contributed by atoms with Crippen molar-refractivity contribution in [1.29, 1.82) is 0 Å². The molecule has 15 heavy (non-hydrogen) atoms. The first-order valence-electron chi connectivity index (χ1n) is 4.65. The monoisotopic (exact) mass is 205 g/mol. The van der Waals surface area contributed by atoms with Crippen LogP contribution in [0.1, 0.15) is 17.2 Å². The van der Waals surface area contributed by atoms with Crippen molar-refractivity contribution in [3.63, 3.8) is 0 Å². The topological polar surface area (TPSA) is 78.2 Å². The third-order valence-electron chi connectivity index (χ3n) is 2.64. The smallest absolute Gasteiger partial charge is 0.119 e. The zero-order valence-electron chi connectivity index (χ0n) is 8.29. The molecule has 0 fully saturated rings. The van der Waals surface area contributed by atoms with Crippen LogP contribution in [0.3, 0.4) is 0 Å². The number of hydrogen-bond acceptors (Lipinski definition) is 3. The summed E-state index contributed by atoms with van der Waals surface area (Å²) in [6.07, 6.45) is -0.0914. The van der Waals surface area contributed by atoms with Gasteiger partial charge in [0.25, 0.3) is 0 Å². The number of ether oxygens (including phenoxy) is 1. The van der Waals surface area contributed by atoms with Crippen LogP contribution in [-0.4, -0.2) is 18.3 Å². The van der Waals surface area contributed by atoms with E-state index in [1.165, 1.54) is 0 Å². The average molecular weight is 205 g/mol. The van der Waals surface area contributed by atoms with E-state index in [0.29, 0.717) is 12.2 Å². The van der Waals surface area contributed by atoms with Crippen molar-refractivity contribution in [1.82, 2.24) is 0 Å². The number of rotatable bonds is 2. The highest BCUT2D eigenvalue weighted by Crippen LogP contribution is 2.36. The molecule has 0 aliphatic heterocycles. The van der Waals surface area contributed by atoms with Crippen LogP contribution in [-0.2, 0) is 6.42 Å². The zero-order valence-corrected chi connectivity index (χ0v) is 8.29. The van der Waals surface area contributed by atoms with Gasteiger partial charge in [-0.15, -0.1) is 0 Å². The van der Waals surface area contributed by atoms with Crippen LogP contribution in [0.2, 0.25) is 0 Å². The van der Waals surface area contributed by atoms with Crippen molar-refractivity contribution in [2.45, 2.75) is 18.6 Å². The van der Waals surface area contributed by atoms with Crippen LogP contribution < -0.4 is 4.74 Å². The molecule has 1 aromatic carbocycles. The summed E-state index contributed by atoms with van der Waals surface area (Å²) < 4.78 is 5.08. The van der Waals surface area contributed by atoms with E-state index >= 15 is 0 Å². The Morgan fingerprint density at radius 2 is 2.40 bits per heavy atom. The molecule has 1 aliphatic carbocycles. The number of hydrogen-bond donors (Lipinski definition) is 1. The van der Waals surface area contributed by atoms with Crippen molar-refractivity contribution in [3.8, 4) is 5.75 Å². The fourth-order valence-electron chi connectivity index (χ4n) is 1.90. The van der Waals surface area contributed by atoms with Crippen LogP contribution in [0.4, 0.5) is 0 Å². The zero-order chi connectivity index (χ0) is 10.8. The summed E-state index contributed by atoms with van der Waals surface area (Å²) in [5.74, 6) is 0.709. The molecule has 0 saturated carbocycles. The van der Waals surface area contributed by atoms with Gasteiger partial charge in [0.2, 0.25) is 0 Å². The first-order valence-corrected chi connectivity index (χ1v) is 4.65. The molecule has 0 saturated heterocycles. The van der Waals surface area contributed by atoms with Gasteiger partial charge in [-0.2, -0.15) is 0 Å². The summed E-state index contributed by atoms with van der Waals surface area (Å²) in [7, 11) is 1.58. The number of aliphatic hydroxyl groups excluding tert-OH is 1. The molecule has 2 unspecified atom stereocenters. The molecule has 0 amide bonds.